The summed E-state index contributed by atoms with van der Waals surface area (Å²) in [6.45, 7) is 7.66. The third-order valence-corrected chi connectivity index (χ3v) is 4.27. The van der Waals surface area contributed by atoms with E-state index in [0.717, 1.165) is 36.5 Å². The summed E-state index contributed by atoms with van der Waals surface area (Å²) >= 11 is 6.19. The zero-order chi connectivity index (χ0) is 19.5. The predicted octanol–water partition coefficient (Wildman–Crippen LogP) is 4.22. The Labute approximate surface area is 191 Å². The number of aliphatic hydroxyl groups excluding tert-OH is 1. The van der Waals surface area contributed by atoms with Crippen molar-refractivity contribution in [2.75, 3.05) is 26.2 Å². The maximum atomic E-state index is 9.21. The van der Waals surface area contributed by atoms with Crippen molar-refractivity contribution >= 4 is 36.4 Å². The Balaban J connectivity index is 0.00000392. The molecule has 0 aromatic heterocycles. The van der Waals surface area contributed by atoms with Gasteiger partial charge in [0.25, 0.3) is 0 Å². The zero-order valence-electron chi connectivity index (χ0n) is 16.8. The van der Waals surface area contributed by atoms with Crippen molar-refractivity contribution in [1.82, 2.24) is 10.6 Å². The number of hydrogen-bond acceptors (Lipinski definition) is 5. The number of rotatable bonds is 12. The van der Waals surface area contributed by atoms with E-state index in [1.54, 1.807) is 6.92 Å². The summed E-state index contributed by atoms with van der Waals surface area (Å²) < 4.78 is 11.7. The van der Waals surface area contributed by atoms with Crippen molar-refractivity contribution in [1.29, 1.82) is 0 Å². The maximum Gasteiger partial charge on any atom is 0.161 e. The second kappa shape index (κ2) is 15.6. The summed E-state index contributed by atoms with van der Waals surface area (Å²) in [5.41, 5.74) is 2.07. The molecular formula is C21H31Cl3N2O3. The predicted molar refractivity (Wildman–Crippen MR) is 124 cm³/mol. The van der Waals surface area contributed by atoms with Gasteiger partial charge in [0.15, 0.2) is 11.5 Å². The Kier molecular flexibility index (Phi) is 15.0. The molecule has 0 aliphatic carbocycles. The molecule has 0 radical (unpaired) electrons. The van der Waals surface area contributed by atoms with Crippen LogP contribution < -0.4 is 20.1 Å². The Morgan fingerprint density at radius 3 is 2.41 bits per heavy atom. The molecule has 1 unspecified atom stereocenters. The Morgan fingerprint density at radius 2 is 1.72 bits per heavy atom. The van der Waals surface area contributed by atoms with Gasteiger partial charge < -0.3 is 25.2 Å². The number of ether oxygens (including phenoxy) is 2. The van der Waals surface area contributed by atoms with Crippen molar-refractivity contribution in [3.05, 3.63) is 58.6 Å². The molecule has 5 nitrogen and oxygen atoms in total. The van der Waals surface area contributed by atoms with Crippen LogP contribution in [-0.4, -0.2) is 37.5 Å². The van der Waals surface area contributed by atoms with Crippen LogP contribution in [0.3, 0.4) is 0 Å². The summed E-state index contributed by atoms with van der Waals surface area (Å²) in [6, 6.07) is 13.6. The first-order valence-corrected chi connectivity index (χ1v) is 9.69. The summed E-state index contributed by atoms with van der Waals surface area (Å²) in [5, 5.41) is 16.5. The van der Waals surface area contributed by atoms with E-state index < -0.39 is 0 Å². The van der Waals surface area contributed by atoms with Gasteiger partial charge in [-0.1, -0.05) is 35.9 Å². The molecule has 0 fully saturated rings. The van der Waals surface area contributed by atoms with E-state index in [0.29, 0.717) is 30.5 Å². The molecule has 0 spiro atoms. The minimum atomic E-state index is -0.322. The van der Waals surface area contributed by atoms with E-state index in [-0.39, 0.29) is 30.9 Å². The monoisotopic (exact) mass is 464 g/mol. The lowest BCUT2D eigenvalue weighted by Gasteiger charge is -2.14. The van der Waals surface area contributed by atoms with E-state index in [4.69, 9.17) is 21.1 Å². The number of benzene rings is 2. The van der Waals surface area contributed by atoms with E-state index in [9.17, 15) is 5.11 Å². The summed E-state index contributed by atoms with van der Waals surface area (Å²) in [5.74, 6) is 1.44. The molecule has 0 saturated heterocycles. The molecule has 29 heavy (non-hydrogen) atoms. The van der Waals surface area contributed by atoms with E-state index in [1.165, 1.54) is 0 Å². The van der Waals surface area contributed by atoms with Gasteiger partial charge in [0.2, 0.25) is 0 Å². The molecule has 0 aliphatic heterocycles. The lowest BCUT2D eigenvalue weighted by atomic mass is 10.2. The first-order chi connectivity index (χ1) is 13.1. The van der Waals surface area contributed by atoms with Crippen LogP contribution in [0.2, 0.25) is 5.02 Å². The SMILES string of the molecule is CCOc1cc(CNCCNCC(C)O)ccc1OCc1ccccc1Cl.Cl.Cl. The van der Waals surface area contributed by atoms with Crippen LogP contribution in [0, 0.1) is 0 Å². The van der Waals surface area contributed by atoms with Crippen LogP contribution >= 0.6 is 36.4 Å². The lowest BCUT2D eigenvalue weighted by Crippen LogP contribution is -2.31. The third kappa shape index (κ3) is 10.4. The van der Waals surface area contributed by atoms with Crippen molar-refractivity contribution in [2.24, 2.45) is 0 Å². The highest BCUT2D eigenvalue weighted by atomic mass is 35.5. The smallest absolute Gasteiger partial charge is 0.161 e. The average Bonchev–Trinajstić information content (AvgIpc) is 2.65. The molecule has 2 aromatic carbocycles. The Morgan fingerprint density at radius 1 is 1.00 bits per heavy atom. The highest BCUT2D eigenvalue weighted by Crippen LogP contribution is 2.30. The quantitative estimate of drug-likeness (QED) is 0.410. The molecule has 2 rings (SSSR count). The number of hydrogen-bond donors (Lipinski definition) is 3. The molecule has 0 saturated carbocycles. The minimum Gasteiger partial charge on any atom is -0.490 e. The number of halogens is 3. The Bertz CT molecular complexity index is 703. The third-order valence-electron chi connectivity index (χ3n) is 3.90. The van der Waals surface area contributed by atoms with Gasteiger partial charge in [-0.3, -0.25) is 0 Å². The maximum absolute atomic E-state index is 9.21. The largest absolute Gasteiger partial charge is 0.490 e. The van der Waals surface area contributed by atoms with Crippen molar-refractivity contribution in [3.63, 3.8) is 0 Å². The second-order valence-electron chi connectivity index (χ2n) is 6.32. The summed E-state index contributed by atoms with van der Waals surface area (Å²) in [6.07, 6.45) is -0.322. The lowest BCUT2D eigenvalue weighted by molar-refractivity contribution is 0.191. The first-order valence-electron chi connectivity index (χ1n) is 9.31. The fraction of sp³-hybridized carbons (Fsp3) is 0.429. The van der Waals surface area contributed by atoms with Crippen LogP contribution in [0.15, 0.2) is 42.5 Å². The second-order valence-corrected chi connectivity index (χ2v) is 6.73. The number of aliphatic hydroxyl groups is 1. The molecule has 0 amide bonds. The number of nitrogens with one attached hydrogen (secondary N) is 2. The van der Waals surface area contributed by atoms with Crippen LogP contribution in [0.25, 0.3) is 0 Å². The van der Waals surface area contributed by atoms with E-state index in [1.807, 2.05) is 49.4 Å². The standard InChI is InChI=1S/C21H29ClN2O3.2ClH/c1-3-26-21-12-17(14-24-11-10-23-13-16(2)25)8-9-20(21)27-15-18-6-4-5-7-19(18)22;;/h4-9,12,16,23-25H,3,10-11,13-15H2,1-2H3;2*1H. The minimum absolute atomic E-state index is 0. The molecule has 1 atom stereocenters. The zero-order valence-corrected chi connectivity index (χ0v) is 19.2. The molecular weight excluding hydrogens is 435 g/mol. The van der Waals surface area contributed by atoms with Crippen LogP contribution in [-0.2, 0) is 13.2 Å². The van der Waals surface area contributed by atoms with E-state index >= 15 is 0 Å². The van der Waals surface area contributed by atoms with Crippen LogP contribution in [0.5, 0.6) is 11.5 Å². The summed E-state index contributed by atoms with van der Waals surface area (Å²) in [4.78, 5) is 0. The van der Waals surface area contributed by atoms with Gasteiger partial charge >= 0.3 is 0 Å². The topological polar surface area (TPSA) is 62.8 Å². The fourth-order valence-electron chi connectivity index (χ4n) is 2.54. The Hall–Kier alpha value is -1.21. The highest BCUT2D eigenvalue weighted by Gasteiger charge is 2.08. The van der Waals surface area contributed by atoms with Gasteiger partial charge in [0.1, 0.15) is 6.61 Å². The van der Waals surface area contributed by atoms with Crippen molar-refractivity contribution in [3.8, 4) is 11.5 Å². The normalized spacial score (nSPS) is 11.2. The van der Waals surface area contributed by atoms with Crippen LogP contribution in [0.1, 0.15) is 25.0 Å². The van der Waals surface area contributed by atoms with Gasteiger partial charge in [-0.05, 0) is 37.6 Å². The fourth-order valence-corrected chi connectivity index (χ4v) is 2.73. The first kappa shape index (κ1) is 27.8. The van der Waals surface area contributed by atoms with Gasteiger partial charge in [0.05, 0.1) is 12.7 Å². The van der Waals surface area contributed by atoms with Gasteiger partial charge in [0, 0.05) is 36.8 Å². The van der Waals surface area contributed by atoms with Crippen molar-refractivity contribution < 1.29 is 14.6 Å². The van der Waals surface area contributed by atoms with Crippen molar-refractivity contribution in [2.45, 2.75) is 33.1 Å². The molecule has 0 bridgehead atoms. The highest BCUT2D eigenvalue weighted by molar-refractivity contribution is 6.31. The van der Waals surface area contributed by atoms with Gasteiger partial charge in [-0.15, -0.1) is 24.8 Å². The molecule has 0 heterocycles. The summed E-state index contributed by atoms with van der Waals surface area (Å²) in [7, 11) is 0. The van der Waals surface area contributed by atoms with Crippen LogP contribution in [0.4, 0.5) is 0 Å². The van der Waals surface area contributed by atoms with Gasteiger partial charge in [-0.25, -0.2) is 0 Å². The molecule has 0 aliphatic rings. The average molecular weight is 466 g/mol. The van der Waals surface area contributed by atoms with E-state index in [2.05, 4.69) is 10.6 Å². The molecule has 3 N–H and O–H groups in total. The van der Waals surface area contributed by atoms with Gasteiger partial charge in [-0.2, -0.15) is 0 Å². The molecule has 8 heteroatoms. The molecule has 2 aromatic rings. The molecule has 164 valence electrons.